The predicted octanol–water partition coefficient (Wildman–Crippen LogP) is -0.911. The highest BCUT2D eigenvalue weighted by atomic mass is 16.2. The fraction of sp³-hybridized carbons (Fsp3) is 0.714. The molecule has 0 unspecified atom stereocenters. The van der Waals surface area contributed by atoms with E-state index in [1.165, 1.54) is 0 Å². The quantitative estimate of drug-likeness (QED) is 0.628. The molecule has 0 aromatic carbocycles. The first kappa shape index (κ1) is 15.0. The van der Waals surface area contributed by atoms with Gasteiger partial charge in [0.25, 0.3) is 0 Å². The van der Waals surface area contributed by atoms with E-state index in [4.69, 9.17) is 0 Å². The zero-order chi connectivity index (χ0) is 14.9. The number of likely N-dealkylation sites (tertiary alicyclic amines) is 1. The molecule has 2 fully saturated rings. The van der Waals surface area contributed by atoms with E-state index in [1.807, 2.05) is 44.1 Å². The molecule has 2 rings (SSSR count). The minimum absolute atomic E-state index is 0.0479. The van der Waals surface area contributed by atoms with Crippen LogP contribution in [0.4, 0.5) is 0 Å². The van der Waals surface area contributed by atoms with Crippen molar-refractivity contribution >= 4 is 11.8 Å². The molecule has 0 aliphatic carbocycles. The van der Waals surface area contributed by atoms with Crippen molar-refractivity contribution in [3.63, 3.8) is 0 Å². The molecule has 6 nitrogen and oxygen atoms in total. The standard InChI is InChI=1S/C14H24N4O2/c1-15(2)7-5-6-12(19)18-10-14(11-18)9-16(3)13(20)8-17(14)4/h5-6H,7-11H2,1-4H3/b6-5+. The third kappa shape index (κ3) is 2.86. The number of amides is 2. The largest absolute Gasteiger partial charge is 0.343 e. The van der Waals surface area contributed by atoms with Crippen molar-refractivity contribution in [2.24, 2.45) is 0 Å². The zero-order valence-electron chi connectivity index (χ0n) is 12.8. The Balaban J connectivity index is 1.88. The lowest BCUT2D eigenvalue weighted by molar-refractivity contribution is -0.156. The third-order valence-corrected chi connectivity index (χ3v) is 4.15. The Bertz CT molecular complexity index is 427. The van der Waals surface area contributed by atoms with Gasteiger partial charge in [-0.3, -0.25) is 14.5 Å². The highest BCUT2D eigenvalue weighted by molar-refractivity contribution is 5.88. The number of carbonyl (C=O) groups excluding carboxylic acids is 2. The zero-order valence-corrected chi connectivity index (χ0v) is 12.8. The minimum atomic E-state index is -0.0479. The fourth-order valence-electron chi connectivity index (χ4n) is 2.77. The first-order valence-corrected chi connectivity index (χ1v) is 6.89. The topological polar surface area (TPSA) is 47.1 Å². The molecule has 6 heteroatoms. The number of rotatable bonds is 3. The van der Waals surface area contributed by atoms with Gasteiger partial charge in [0.15, 0.2) is 0 Å². The number of nitrogens with zero attached hydrogens (tertiary/aromatic N) is 4. The van der Waals surface area contributed by atoms with Crippen LogP contribution in [-0.2, 0) is 9.59 Å². The molecule has 0 aromatic rings. The maximum atomic E-state index is 12.0. The van der Waals surface area contributed by atoms with Crippen molar-refractivity contribution in [2.45, 2.75) is 5.54 Å². The second-order valence-electron chi connectivity index (χ2n) is 6.19. The van der Waals surface area contributed by atoms with Gasteiger partial charge in [0.2, 0.25) is 11.8 Å². The summed E-state index contributed by atoms with van der Waals surface area (Å²) >= 11 is 0. The summed E-state index contributed by atoms with van der Waals surface area (Å²) in [5, 5.41) is 0. The Labute approximate surface area is 120 Å². The summed E-state index contributed by atoms with van der Waals surface area (Å²) < 4.78 is 0. The third-order valence-electron chi connectivity index (χ3n) is 4.15. The Morgan fingerprint density at radius 3 is 2.55 bits per heavy atom. The molecule has 2 aliphatic rings. The summed E-state index contributed by atoms with van der Waals surface area (Å²) in [4.78, 5) is 31.4. The van der Waals surface area contributed by atoms with Crippen molar-refractivity contribution in [2.75, 3.05) is 60.9 Å². The molecule has 0 saturated carbocycles. The van der Waals surface area contributed by atoms with Gasteiger partial charge < -0.3 is 14.7 Å². The number of likely N-dealkylation sites (N-methyl/N-ethyl adjacent to an activating group) is 3. The summed E-state index contributed by atoms with van der Waals surface area (Å²) in [7, 11) is 7.74. The van der Waals surface area contributed by atoms with E-state index in [0.29, 0.717) is 26.2 Å². The van der Waals surface area contributed by atoms with Gasteiger partial charge in [-0.05, 0) is 21.1 Å². The second kappa shape index (κ2) is 5.54. The van der Waals surface area contributed by atoms with Crippen LogP contribution in [0, 0.1) is 0 Å². The molecular formula is C14H24N4O2. The lowest BCUT2D eigenvalue weighted by Crippen LogP contribution is -2.77. The normalized spacial score (nSPS) is 22.9. The molecule has 1 spiro atoms. The Morgan fingerprint density at radius 1 is 1.30 bits per heavy atom. The first-order valence-electron chi connectivity index (χ1n) is 6.89. The summed E-state index contributed by atoms with van der Waals surface area (Å²) in [5.41, 5.74) is -0.0479. The van der Waals surface area contributed by atoms with Crippen LogP contribution in [0.1, 0.15) is 0 Å². The second-order valence-corrected chi connectivity index (χ2v) is 6.19. The fourth-order valence-corrected chi connectivity index (χ4v) is 2.77. The van der Waals surface area contributed by atoms with Crippen molar-refractivity contribution in [1.29, 1.82) is 0 Å². The Morgan fingerprint density at radius 2 is 1.95 bits per heavy atom. The van der Waals surface area contributed by atoms with Crippen LogP contribution in [0.2, 0.25) is 0 Å². The molecule has 0 bridgehead atoms. The maximum Gasteiger partial charge on any atom is 0.246 e. The van der Waals surface area contributed by atoms with Gasteiger partial charge in [-0.25, -0.2) is 0 Å². The molecule has 112 valence electrons. The number of piperazine rings is 1. The van der Waals surface area contributed by atoms with Crippen molar-refractivity contribution in [3.05, 3.63) is 12.2 Å². The van der Waals surface area contributed by atoms with Crippen LogP contribution in [0.3, 0.4) is 0 Å². The maximum absolute atomic E-state index is 12.0. The smallest absolute Gasteiger partial charge is 0.246 e. The van der Waals surface area contributed by atoms with E-state index in [1.54, 1.807) is 11.0 Å². The molecule has 2 aliphatic heterocycles. The number of hydrogen-bond acceptors (Lipinski definition) is 4. The van der Waals surface area contributed by atoms with Crippen LogP contribution >= 0.6 is 0 Å². The van der Waals surface area contributed by atoms with Crippen LogP contribution in [0.5, 0.6) is 0 Å². The van der Waals surface area contributed by atoms with Crippen LogP contribution in [-0.4, -0.2) is 97.9 Å². The molecule has 20 heavy (non-hydrogen) atoms. The number of carbonyl (C=O) groups is 2. The summed E-state index contributed by atoms with van der Waals surface area (Å²) in [6.45, 7) is 3.31. The molecule has 2 heterocycles. The lowest BCUT2D eigenvalue weighted by atomic mass is 9.85. The minimum Gasteiger partial charge on any atom is -0.343 e. The monoisotopic (exact) mass is 280 g/mol. The van der Waals surface area contributed by atoms with Crippen molar-refractivity contribution in [1.82, 2.24) is 19.6 Å². The molecule has 2 amide bonds. The van der Waals surface area contributed by atoms with Gasteiger partial charge in [-0.1, -0.05) is 6.08 Å². The lowest BCUT2D eigenvalue weighted by Gasteiger charge is -2.58. The molecule has 0 radical (unpaired) electrons. The Kier molecular flexibility index (Phi) is 4.15. The van der Waals surface area contributed by atoms with Gasteiger partial charge in [-0.2, -0.15) is 0 Å². The van der Waals surface area contributed by atoms with E-state index in [9.17, 15) is 9.59 Å². The van der Waals surface area contributed by atoms with Crippen molar-refractivity contribution in [3.8, 4) is 0 Å². The molecule has 2 saturated heterocycles. The van der Waals surface area contributed by atoms with E-state index in [0.717, 1.165) is 6.54 Å². The van der Waals surface area contributed by atoms with E-state index < -0.39 is 0 Å². The van der Waals surface area contributed by atoms with Crippen LogP contribution in [0.15, 0.2) is 12.2 Å². The van der Waals surface area contributed by atoms with E-state index in [2.05, 4.69) is 4.90 Å². The Hall–Kier alpha value is -1.40. The van der Waals surface area contributed by atoms with Gasteiger partial charge in [0.05, 0.1) is 12.1 Å². The number of hydrogen-bond donors (Lipinski definition) is 0. The predicted molar refractivity (Wildman–Crippen MR) is 77.3 cm³/mol. The first-order chi connectivity index (χ1) is 9.34. The van der Waals surface area contributed by atoms with Gasteiger partial charge >= 0.3 is 0 Å². The SMILES string of the molecule is CN(C)C/C=C/C(=O)N1CC2(CN(C)C(=O)CN2C)C1. The molecule has 0 N–H and O–H groups in total. The summed E-state index contributed by atoms with van der Waals surface area (Å²) in [6.07, 6.45) is 3.53. The van der Waals surface area contributed by atoms with Crippen LogP contribution in [0.25, 0.3) is 0 Å². The van der Waals surface area contributed by atoms with Gasteiger partial charge in [-0.15, -0.1) is 0 Å². The van der Waals surface area contributed by atoms with E-state index in [-0.39, 0.29) is 17.4 Å². The summed E-state index contributed by atoms with van der Waals surface area (Å²) in [6, 6.07) is 0. The van der Waals surface area contributed by atoms with Gasteiger partial charge in [0.1, 0.15) is 0 Å². The van der Waals surface area contributed by atoms with Crippen LogP contribution < -0.4 is 0 Å². The summed E-state index contributed by atoms with van der Waals surface area (Å²) in [5.74, 6) is 0.208. The molecular weight excluding hydrogens is 256 g/mol. The van der Waals surface area contributed by atoms with E-state index >= 15 is 0 Å². The highest BCUT2D eigenvalue weighted by Crippen LogP contribution is 2.30. The highest BCUT2D eigenvalue weighted by Gasteiger charge is 2.51. The average molecular weight is 280 g/mol. The molecule has 0 aromatic heterocycles. The van der Waals surface area contributed by atoms with Gasteiger partial charge in [0, 0.05) is 39.3 Å². The molecule has 0 atom stereocenters. The van der Waals surface area contributed by atoms with Crippen molar-refractivity contribution < 1.29 is 9.59 Å². The average Bonchev–Trinajstić information content (AvgIpc) is 2.30.